The molecule has 0 radical (unpaired) electrons. The summed E-state index contributed by atoms with van der Waals surface area (Å²) in [7, 11) is 2.03. The van der Waals surface area contributed by atoms with Gasteiger partial charge in [0.05, 0.1) is 6.10 Å². The molecule has 0 spiro atoms. The van der Waals surface area contributed by atoms with E-state index in [1.807, 2.05) is 7.05 Å². The second-order valence-corrected chi connectivity index (χ2v) is 5.81. The fourth-order valence-electron chi connectivity index (χ4n) is 2.89. The van der Waals surface area contributed by atoms with Crippen LogP contribution in [-0.2, 0) is 0 Å². The monoisotopic (exact) mass is 242 g/mol. The van der Waals surface area contributed by atoms with Gasteiger partial charge in [-0.3, -0.25) is 0 Å². The number of aliphatic hydroxyl groups is 1. The third kappa shape index (κ3) is 3.94. The molecule has 2 atom stereocenters. The number of nitrogens with zero attached hydrogens (tertiary/aromatic N) is 1. The van der Waals surface area contributed by atoms with E-state index >= 15 is 0 Å². The molecular formula is C14H30N2O. The molecular weight excluding hydrogens is 212 g/mol. The number of rotatable bonds is 6. The van der Waals surface area contributed by atoms with Crippen molar-refractivity contribution in [3.8, 4) is 0 Å². The summed E-state index contributed by atoms with van der Waals surface area (Å²) < 4.78 is 0. The van der Waals surface area contributed by atoms with Gasteiger partial charge in [-0.05, 0) is 44.2 Å². The molecule has 1 aliphatic heterocycles. The van der Waals surface area contributed by atoms with E-state index < -0.39 is 0 Å². The van der Waals surface area contributed by atoms with Crippen molar-refractivity contribution in [2.75, 3.05) is 33.2 Å². The first-order chi connectivity index (χ1) is 8.06. The zero-order chi connectivity index (χ0) is 12.9. The normalized spacial score (nSPS) is 27.4. The largest absolute Gasteiger partial charge is 0.392 e. The topological polar surface area (TPSA) is 35.5 Å². The molecule has 1 fully saturated rings. The predicted octanol–water partition coefficient (Wildman–Crippen LogP) is 1.71. The Morgan fingerprint density at radius 2 is 2.00 bits per heavy atom. The third-order valence-corrected chi connectivity index (χ3v) is 4.61. The van der Waals surface area contributed by atoms with E-state index in [1.54, 1.807) is 0 Å². The van der Waals surface area contributed by atoms with Crippen LogP contribution in [-0.4, -0.2) is 49.3 Å². The molecule has 0 saturated carbocycles. The van der Waals surface area contributed by atoms with E-state index in [1.165, 1.54) is 12.8 Å². The van der Waals surface area contributed by atoms with Gasteiger partial charge >= 0.3 is 0 Å². The molecule has 0 aromatic carbocycles. The van der Waals surface area contributed by atoms with E-state index in [-0.39, 0.29) is 6.10 Å². The second kappa shape index (κ2) is 6.72. The minimum absolute atomic E-state index is 0.134. The van der Waals surface area contributed by atoms with Crippen molar-refractivity contribution in [1.29, 1.82) is 0 Å². The highest BCUT2D eigenvalue weighted by atomic mass is 16.3. The number of nitrogens with one attached hydrogen (secondary N) is 1. The van der Waals surface area contributed by atoms with Crippen LogP contribution in [0, 0.1) is 11.3 Å². The molecule has 1 heterocycles. The summed E-state index contributed by atoms with van der Waals surface area (Å²) in [6.07, 6.45) is 3.40. The van der Waals surface area contributed by atoms with Crippen molar-refractivity contribution in [3.05, 3.63) is 0 Å². The van der Waals surface area contributed by atoms with Crippen LogP contribution in [0.2, 0.25) is 0 Å². The molecule has 2 N–H and O–H groups in total. The van der Waals surface area contributed by atoms with Gasteiger partial charge in [-0.1, -0.05) is 20.8 Å². The van der Waals surface area contributed by atoms with Gasteiger partial charge in [-0.25, -0.2) is 0 Å². The molecule has 1 aliphatic rings. The maximum Gasteiger partial charge on any atom is 0.0693 e. The second-order valence-electron chi connectivity index (χ2n) is 5.81. The van der Waals surface area contributed by atoms with Crippen LogP contribution in [0.4, 0.5) is 0 Å². The molecule has 0 aromatic rings. The highest BCUT2D eigenvalue weighted by Crippen LogP contribution is 2.29. The first-order valence-electron chi connectivity index (χ1n) is 7.12. The Morgan fingerprint density at radius 3 is 2.47 bits per heavy atom. The molecule has 1 rings (SSSR count). The van der Waals surface area contributed by atoms with E-state index in [9.17, 15) is 5.11 Å². The van der Waals surface area contributed by atoms with Gasteiger partial charge in [-0.15, -0.1) is 0 Å². The lowest BCUT2D eigenvalue weighted by molar-refractivity contribution is 0.00806. The molecule has 0 aliphatic carbocycles. The Kier molecular flexibility index (Phi) is 5.90. The van der Waals surface area contributed by atoms with Gasteiger partial charge in [-0.2, -0.15) is 0 Å². The fourth-order valence-corrected chi connectivity index (χ4v) is 2.89. The Morgan fingerprint density at radius 1 is 1.35 bits per heavy atom. The smallest absolute Gasteiger partial charge is 0.0693 e. The maximum atomic E-state index is 9.96. The zero-order valence-corrected chi connectivity index (χ0v) is 12.0. The quantitative estimate of drug-likeness (QED) is 0.744. The average molecular weight is 242 g/mol. The van der Waals surface area contributed by atoms with Crippen molar-refractivity contribution in [2.45, 2.75) is 46.1 Å². The highest BCUT2D eigenvalue weighted by Gasteiger charge is 2.31. The van der Waals surface area contributed by atoms with Crippen LogP contribution in [0.25, 0.3) is 0 Å². The lowest BCUT2D eigenvalue weighted by Gasteiger charge is -2.41. The van der Waals surface area contributed by atoms with Gasteiger partial charge in [0.2, 0.25) is 0 Å². The maximum absolute atomic E-state index is 9.96. The van der Waals surface area contributed by atoms with Gasteiger partial charge < -0.3 is 15.3 Å². The minimum Gasteiger partial charge on any atom is -0.392 e. The summed E-state index contributed by atoms with van der Waals surface area (Å²) in [5.41, 5.74) is 0.370. The van der Waals surface area contributed by atoms with Crippen molar-refractivity contribution in [3.63, 3.8) is 0 Å². The number of β-amino-alcohol motifs (C(OH)–C–C–N with tert-alkyl or cyclic N) is 1. The van der Waals surface area contributed by atoms with Crippen LogP contribution in [0.3, 0.4) is 0 Å². The molecule has 2 unspecified atom stereocenters. The summed E-state index contributed by atoms with van der Waals surface area (Å²) >= 11 is 0. The van der Waals surface area contributed by atoms with E-state index in [2.05, 4.69) is 31.0 Å². The molecule has 17 heavy (non-hydrogen) atoms. The van der Waals surface area contributed by atoms with Gasteiger partial charge in [0, 0.05) is 19.6 Å². The molecule has 0 bridgehead atoms. The number of hydrogen-bond donors (Lipinski definition) is 2. The lowest BCUT2D eigenvalue weighted by Crippen LogP contribution is -2.49. The minimum atomic E-state index is -0.134. The molecule has 1 saturated heterocycles. The standard InChI is InChI=1S/C14H30N2O/c1-5-14(6-2,10-15-4)11-16-8-7-12(3)13(17)9-16/h12-13,15,17H,5-11H2,1-4H3. The first kappa shape index (κ1) is 14.9. The average Bonchev–Trinajstić information content (AvgIpc) is 2.33. The first-order valence-corrected chi connectivity index (χ1v) is 7.12. The van der Waals surface area contributed by atoms with Crippen LogP contribution in [0.5, 0.6) is 0 Å². The SMILES string of the molecule is CCC(CC)(CNC)CN1CCC(C)C(O)C1. The van der Waals surface area contributed by atoms with E-state index in [0.717, 1.165) is 32.6 Å². The number of likely N-dealkylation sites (tertiary alicyclic amines) is 1. The summed E-state index contributed by atoms with van der Waals surface area (Å²) in [6, 6.07) is 0. The Balaban J connectivity index is 2.55. The third-order valence-electron chi connectivity index (χ3n) is 4.61. The molecule has 102 valence electrons. The zero-order valence-electron chi connectivity index (χ0n) is 12.0. The van der Waals surface area contributed by atoms with Crippen LogP contribution >= 0.6 is 0 Å². The van der Waals surface area contributed by atoms with Crippen LogP contribution < -0.4 is 5.32 Å². The lowest BCUT2D eigenvalue weighted by atomic mass is 9.80. The van der Waals surface area contributed by atoms with Crippen molar-refractivity contribution in [1.82, 2.24) is 10.2 Å². The van der Waals surface area contributed by atoms with Crippen molar-refractivity contribution >= 4 is 0 Å². The van der Waals surface area contributed by atoms with E-state index in [0.29, 0.717) is 11.3 Å². The van der Waals surface area contributed by atoms with Crippen LogP contribution in [0.1, 0.15) is 40.0 Å². The van der Waals surface area contributed by atoms with Crippen molar-refractivity contribution in [2.24, 2.45) is 11.3 Å². The summed E-state index contributed by atoms with van der Waals surface area (Å²) in [5, 5.41) is 13.3. The predicted molar refractivity (Wildman–Crippen MR) is 73.2 cm³/mol. The van der Waals surface area contributed by atoms with Gasteiger partial charge in [0.15, 0.2) is 0 Å². The van der Waals surface area contributed by atoms with Crippen LogP contribution in [0.15, 0.2) is 0 Å². The molecule has 0 amide bonds. The summed E-state index contributed by atoms with van der Waals surface area (Å²) in [4.78, 5) is 2.45. The van der Waals surface area contributed by atoms with Gasteiger partial charge in [0.25, 0.3) is 0 Å². The highest BCUT2D eigenvalue weighted by molar-refractivity contribution is 4.86. The molecule has 0 aromatic heterocycles. The fraction of sp³-hybridized carbons (Fsp3) is 1.00. The number of aliphatic hydroxyl groups excluding tert-OH is 1. The molecule has 3 heteroatoms. The Hall–Kier alpha value is -0.120. The summed E-state index contributed by atoms with van der Waals surface area (Å²) in [5.74, 6) is 0.466. The molecule has 3 nitrogen and oxygen atoms in total. The van der Waals surface area contributed by atoms with E-state index in [4.69, 9.17) is 0 Å². The van der Waals surface area contributed by atoms with Crippen molar-refractivity contribution < 1.29 is 5.11 Å². The summed E-state index contributed by atoms with van der Waals surface area (Å²) in [6.45, 7) is 10.9. The van der Waals surface area contributed by atoms with Gasteiger partial charge in [0.1, 0.15) is 0 Å². The Labute approximate surface area is 107 Å². The number of hydrogen-bond acceptors (Lipinski definition) is 3. The Bertz CT molecular complexity index is 216. The number of piperidine rings is 1.